The molecule has 108 valence electrons. The Morgan fingerprint density at radius 2 is 2.05 bits per heavy atom. The van der Waals surface area contributed by atoms with Crippen LogP contribution in [-0.4, -0.2) is 18.9 Å². The summed E-state index contributed by atoms with van der Waals surface area (Å²) in [7, 11) is 0. The largest absolute Gasteiger partial charge is 0.310 e. The van der Waals surface area contributed by atoms with Gasteiger partial charge in [-0.3, -0.25) is 4.79 Å². The van der Waals surface area contributed by atoms with Crippen LogP contribution in [-0.2, 0) is 0 Å². The van der Waals surface area contributed by atoms with Gasteiger partial charge in [-0.15, -0.1) is 11.3 Å². The second kappa shape index (κ2) is 7.55. The van der Waals surface area contributed by atoms with E-state index in [0.29, 0.717) is 6.54 Å². The summed E-state index contributed by atoms with van der Waals surface area (Å²) in [6.45, 7) is 5.83. The number of carbonyl (C=O) groups excluding carboxylic acids is 1. The molecule has 0 aliphatic rings. The van der Waals surface area contributed by atoms with Gasteiger partial charge in [0.15, 0.2) is 5.78 Å². The predicted molar refractivity (Wildman–Crippen MR) is 87.7 cm³/mol. The normalized spacial score (nSPS) is 11.3. The highest BCUT2D eigenvalue weighted by Gasteiger charge is 2.07. The number of thiophene rings is 1. The number of benzene rings is 1. The number of hydrogen-bond donors (Lipinski definition) is 1. The molecule has 0 saturated heterocycles. The van der Waals surface area contributed by atoms with Crippen molar-refractivity contribution in [1.82, 2.24) is 5.32 Å². The van der Waals surface area contributed by atoms with Crippen LogP contribution in [0, 0.1) is 5.92 Å². The summed E-state index contributed by atoms with van der Waals surface area (Å²) in [5, 5.41) is 6.50. The maximum atomic E-state index is 12.1. The van der Waals surface area contributed by atoms with E-state index in [1.807, 2.05) is 18.2 Å². The van der Waals surface area contributed by atoms with Gasteiger partial charge in [0.25, 0.3) is 0 Å². The molecule has 1 aromatic carbocycles. The fourth-order valence-corrected chi connectivity index (χ4v) is 3.22. The smallest absolute Gasteiger partial charge is 0.176 e. The SMILES string of the molecule is CCC(CC)CCNCC(=O)c1ccc2sccc2c1. The highest BCUT2D eigenvalue weighted by atomic mass is 32.1. The van der Waals surface area contributed by atoms with Crippen molar-refractivity contribution < 1.29 is 4.79 Å². The zero-order valence-electron chi connectivity index (χ0n) is 12.3. The molecule has 2 nitrogen and oxygen atoms in total. The third-order valence-corrected chi connectivity index (χ3v) is 4.84. The van der Waals surface area contributed by atoms with Crippen LogP contribution in [0.3, 0.4) is 0 Å². The van der Waals surface area contributed by atoms with E-state index < -0.39 is 0 Å². The second-order valence-corrected chi connectivity index (χ2v) is 6.19. The molecule has 0 aliphatic heterocycles. The molecule has 20 heavy (non-hydrogen) atoms. The lowest BCUT2D eigenvalue weighted by Crippen LogP contribution is -2.25. The first kappa shape index (κ1) is 15.2. The molecule has 1 aromatic heterocycles. The van der Waals surface area contributed by atoms with Crippen LogP contribution < -0.4 is 5.32 Å². The summed E-state index contributed by atoms with van der Waals surface area (Å²) in [5.74, 6) is 0.961. The molecule has 0 aliphatic carbocycles. The van der Waals surface area contributed by atoms with Gasteiger partial charge < -0.3 is 5.32 Å². The van der Waals surface area contributed by atoms with Gasteiger partial charge in [0.2, 0.25) is 0 Å². The lowest BCUT2D eigenvalue weighted by atomic mass is 10.00. The maximum absolute atomic E-state index is 12.1. The van der Waals surface area contributed by atoms with Crippen LogP contribution in [0.5, 0.6) is 0 Å². The van der Waals surface area contributed by atoms with Crippen LogP contribution in [0.1, 0.15) is 43.5 Å². The third kappa shape index (κ3) is 3.90. The van der Waals surface area contributed by atoms with Crippen molar-refractivity contribution in [3.63, 3.8) is 0 Å². The third-order valence-electron chi connectivity index (χ3n) is 3.94. The molecule has 0 atom stereocenters. The summed E-state index contributed by atoms with van der Waals surface area (Å²) >= 11 is 1.71. The molecule has 0 radical (unpaired) electrons. The minimum absolute atomic E-state index is 0.183. The standard InChI is InChI=1S/C17H23NOS/c1-3-13(4-2)7-9-18-12-16(19)14-5-6-17-15(11-14)8-10-20-17/h5-6,8,10-11,13,18H,3-4,7,9,12H2,1-2H3. The van der Waals surface area contributed by atoms with E-state index in [0.717, 1.165) is 29.8 Å². The number of ketones is 1. The molecule has 1 N–H and O–H groups in total. The van der Waals surface area contributed by atoms with Crippen molar-refractivity contribution in [3.8, 4) is 0 Å². The molecule has 0 fully saturated rings. The van der Waals surface area contributed by atoms with Crippen molar-refractivity contribution >= 4 is 27.2 Å². The van der Waals surface area contributed by atoms with Gasteiger partial charge in [0, 0.05) is 10.3 Å². The van der Waals surface area contributed by atoms with Crippen LogP contribution in [0.2, 0.25) is 0 Å². The van der Waals surface area contributed by atoms with Gasteiger partial charge in [-0.25, -0.2) is 0 Å². The van der Waals surface area contributed by atoms with Gasteiger partial charge in [-0.05, 0) is 53.9 Å². The average molecular weight is 289 g/mol. The lowest BCUT2D eigenvalue weighted by molar-refractivity contribution is 0.0991. The number of fused-ring (bicyclic) bond motifs is 1. The zero-order chi connectivity index (χ0) is 14.4. The Labute approximate surface area is 125 Å². The topological polar surface area (TPSA) is 29.1 Å². The summed E-state index contributed by atoms with van der Waals surface area (Å²) in [5.41, 5.74) is 0.811. The van der Waals surface area contributed by atoms with Gasteiger partial charge in [0.1, 0.15) is 0 Å². The predicted octanol–water partition coefficient (Wildman–Crippen LogP) is 4.50. The van der Waals surface area contributed by atoms with Crippen LogP contribution in [0.4, 0.5) is 0 Å². The minimum atomic E-state index is 0.183. The second-order valence-electron chi connectivity index (χ2n) is 5.24. The molecule has 0 saturated carbocycles. The molecular weight excluding hydrogens is 266 g/mol. The summed E-state index contributed by atoms with van der Waals surface area (Å²) in [4.78, 5) is 12.1. The van der Waals surface area contributed by atoms with E-state index in [2.05, 4.69) is 30.6 Å². The molecule has 0 amide bonds. The summed E-state index contributed by atoms with van der Waals surface area (Å²) in [6, 6.07) is 8.04. The van der Waals surface area contributed by atoms with Crippen molar-refractivity contribution in [3.05, 3.63) is 35.2 Å². The molecule has 1 heterocycles. The molecule has 3 heteroatoms. The van der Waals surface area contributed by atoms with Crippen LogP contribution in [0.15, 0.2) is 29.6 Å². The Bertz CT molecular complexity index is 557. The summed E-state index contributed by atoms with van der Waals surface area (Å²) < 4.78 is 1.24. The Balaban J connectivity index is 1.82. The van der Waals surface area contributed by atoms with E-state index in [1.54, 1.807) is 11.3 Å². The van der Waals surface area contributed by atoms with Crippen LogP contribution in [0.25, 0.3) is 10.1 Å². The highest BCUT2D eigenvalue weighted by Crippen LogP contribution is 2.21. The van der Waals surface area contributed by atoms with Crippen molar-refractivity contribution in [1.29, 1.82) is 0 Å². The highest BCUT2D eigenvalue weighted by molar-refractivity contribution is 7.17. The van der Waals surface area contributed by atoms with Gasteiger partial charge in [-0.2, -0.15) is 0 Å². The van der Waals surface area contributed by atoms with Gasteiger partial charge >= 0.3 is 0 Å². The Hall–Kier alpha value is -1.19. The average Bonchev–Trinajstić information content (AvgIpc) is 2.94. The molecule has 0 spiro atoms. The molecule has 0 bridgehead atoms. The first-order valence-electron chi connectivity index (χ1n) is 7.45. The first-order chi connectivity index (χ1) is 9.74. The van der Waals surface area contributed by atoms with Crippen molar-refractivity contribution in [2.75, 3.05) is 13.1 Å². The van der Waals surface area contributed by atoms with Gasteiger partial charge in [-0.1, -0.05) is 26.7 Å². The monoisotopic (exact) mass is 289 g/mol. The maximum Gasteiger partial charge on any atom is 0.176 e. The molecule has 2 aromatic rings. The number of rotatable bonds is 8. The quantitative estimate of drug-likeness (QED) is 0.572. The first-order valence-corrected chi connectivity index (χ1v) is 8.33. The van der Waals surface area contributed by atoms with E-state index in [9.17, 15) is 4.79 Å². The molecule has 2 rings (SSSR count). The minimum Gasteiger partial charge on any atom is -0.310 e. The summed E-state index contributed by atoms with van der Waals surface area (Å²) in [6.07, 6.45) is 3.60. The Morgan fingerprint density at radius 3 is 2.80 bits per heavy atom. The number of hydrogen-bond acceptors (Lipinski definition) is 3. The van der Waals surface area contributed by atoms with Crippen LogP contribution >= 0.6 is 11.3 Å². The fraction of sp³-hybridized carbons (Fsp3) is 0.471. The van der Waals surface area contributed by atoms with Crippen molar-refractivity contribution in [2.24, 2.45) is 5.92 Å². The number of Topliss-reactive ketones (excluding diaryl/α,β-unsaturated/α-hetero) is 1. The Morgan fingerprint density at radius 1 is 1.25 bits per heavy atom. The van der Waals surface area contributed by atoms with Crippen molar-refractivity contribution in [2.45, 2.75) is 33.1 Å². The van der Waals surface area contributed by atoms with E-state index in [4.69, 9.17) is 0 Å². The molecular formula is C17H23NOS. The number of nitrogens with one attached hydrogen (secondary N) is 1. The Kier molecular flexibility index (Phi) is 5.74. The number of carbonyl (C=O) groups is 1. The zero-order valence-corrected chi connectivity index (χ0v) is 13.1. The molecule has 0 unspecified atom stereocenters. The van der Waals surface area contributed by atoms with E-state index >= 15 is 0 Å². The lowest BCUT2D eigenvalue weighted by Gasteiger charge is -2.12. The fourth-order valence-electron chi connectivity index (χ4n) is 2.45. The van der Waals surface area contributed by atoms with E-state index in [-0.39, 0.29) is 5.78 Å². The van der Waals surface area contributed by atoms with E-state index in [1.165, 1.54) is 17.5 Å². The van der Waals surface area contributed by atoms with Gasteiger partial charge in [0.05, 0.1) is 6.54 Å².